The summed E-state index contributed by atoms with van der Waals surface area (Å²) in [5.41, 5.74) is 0.199. The van der Waals surface area contributed by atoms with E-state index in [1.54, 1.807) is 0 Å². The maximum atomic E-state index is 13.5. The molecule has 1 saturated carbocycles. The van der Waals surface area contributed by atoms with Gasteiger partial charge in [-0.15, -0.1) is 11.8 Å². The molecule has 0 nitrogen and oxygen atoms in total. The molecule has 0 amide bonds. The number of halogens is 2. The number of rotatable bonds is 4. The molecule has 18 heavy (non-hydrogen) atoms. The van der Waals surface area contributed by atoms with E-state index in [0.29, 0.717) is 4.90 Å². The van der Waals surface area contributed by atoms with Crippen LogP contribution in [0.3, 0.4) is 0 Å². The van der Waals surface area contributed by atoms with Crippen LogP contribution >= 0.6 is 24.4 Å². The highest BCUT2D eigenvalue weighted by Crippen LogP contribution is 2.41. The average molecular weight is 288 g/mol. The fraction of sp³-hybridized carbons (Fsp3) is 0.571. The zero-order chi connectivity index (χ0) is 13.0. The zero-order valence-corrected chi connectivity index (χ0v) is 12.0. The van der Waals surface area contributed by atoms with E-state index < -0.39 is 0 Å². The molecule has 1 aliphatic carbocycles. The van der Waals surface area contributed by atoms with Gasteiger partial charge in [-0.1, -0.05) is 19.3 Å². The Kier molecular flexibility index (Phi) is 4.96. The van der Waals surface area contributed by atoms with Crippen molar-refractivity contribution in [2.24, 2.45) is 5.41 Å². The summed E-state index contributed by atoms with van der Waals surface area (Å²) in [6.45, 7) is 0. The SMILES string of the molecule is Fc1ccc(F)c(SCC2(CS)CCCCC2)c1. The van der Waals surface area contributed by atoms with E-state index in [4.69, 9.17) is 0 Å². The molecule has 4 heteroatoms. The second-order valence-electron chi connectivity index (χ2n) is 5.08. The number of thiol groups is 1. The van der Waals surface area contributed by atoms with E-state index in [1.807, 2.05) is 0 Å². The van der Waals surface area contributed by atoms with Crippen molar-refractivity contribution in [3.8, 4) is 0 Å². The van der Waals surface area contributed by atoms with E-state index in [1.165, 1.54) is 43.2 Å². The van der Waals surface area contributed by atoms with Gasteiger partial charge in [0.2, 0.25) is 0 Å². The standard InChI is InChI=1S/C14H18F2S2/c15-11-4-5-12(16)13(8-11)18-10-14(9-17)6-2-1-3-7-14/h4-5,8,17H,1-3,6-7,9-10H2. The van der Waals surface area contributed by atoms with Gasteiger partial charge in [0.25, 0.3) is 0 Å². The van der Waals surface area contributed by atoms with Crippen LogP contribution in [-0.4, -0.2) is 11.5 Å². The van der Waals surface area contributed by atoms with Crippen LogP contribution in [-0.2, 0) is 0 Å². The predicted molar refractivity (Wildman–Crippen MR) is 76.5 cm³/mol. The average Bonchev–Trinajstić information content (AvgIpc) is 2.41. The van der Waals surface area contributed by atoms with Crippen molar-refractivity contribution in [2.75, 3.05) is 11.5 Å². The van der Waals surface area contributed by atoms with E-state index in [9.17, 15) is 8.78 Å². The predicted octanol–water partition coefficient (Wildman–Crippen LogP) is 4.94. The number of benzene rings is 1. The molecule has 0 N–H and O–H groups in total. The summed E-state index contributed by atoms with van der Waals surface area (Å²) >= 11 is 5.89. The summed E-state index contributed by atoms with van der Waals surface area (Å²) in [5.74, 6) is 0.961. The molecule has 0 unspecified atom stereocenters. The maximum Gasteiger partial charge on any atom is 0.136 e. The zero-order valence-electron chi connectivity index (χ0n) is 10.3. The summed E-state index contributed by atoms with van der Waals surface area (Å²) in [7, 11) is 0. The molecule has 0 aliphatic heterocycles. The molecule has 1 aromatic rings. The lowest BCUT2D eigenvalue weighted by atomic mass is 9.77. The Balaban J connectivity index is 2.03. The second-order valence-corrected chi connectivity index (χ2v) is 6.42. The molecule has 2 rings (SSSR count). The third-order valence-corrected chi connectivity index (χ3v) is 5.73. The monoisotopic (exact) mass is 288 g/mol. The maximum absolute atomic E-state index is 13.5. The lowest BCUT2D eigenvalue weighted by molar-refractivity contribution is 0.258. The van der Waals surface area contributed by atoms with Gasteiger partial charge in [-0.2, -0.15) is 12.6 Å². The van der Waals surface area contributed by atoms with E-state index >= 15 is 0 Å². The number of thioether (sulfide) groups is 1. The number of hydrogen-bond acceptors (Lipinski definition) is 2. The van der Waals surface area contributed by atoms with Crippen molar-refractivity contribution in [1.29, 1.82) is 0 Å². The van der Waals surface area contributed by atoms with Gasteiger partial charge in [-0.05, 0) is 42.2 Å². The largest absolute Gasteiger partial charge is 0.207 e. The summed E-state index contributed by atoms with van der Waals surface area (Å²) in [6.07, 6.45) is 6.05. The van der Waals surface area contributed by atoms with Crippen LogP contribution in [0.25, 0.3) is 0 Å². The van der Waals surface area contributed by atoms with Gasteiger partial charge in [-0.3, -0.25) is 0 Å². The molecular formula is C14H18F2S2. The molecule has 0 atom stereocenters. The highest BCUT2D eigenvalue weighted by molar-refractivity contribution is 7.99. The molecule has 1 fully saturated rings. The molecule has 0 spiro atoms. The first kappa shape index (κ1) is 14.2. The second kappa shape index (κ2) is 6.29. The van der Waals surface area contributed by atoms with Gasteiger partial charge < -0.3 is 0 Å². The minimum atomic E-state index is -0.373. The van der Waals surface area contributed by atoms with Crippen molar-refractivity contribution < 1.29 is 8.78 Å². The van der Waals surface area contributed by atoms with E-state index in [2.05, 4.69) is 12.6 Å². The van der Waals surface area contributed by atoms with Gasteiger partial charge in [0, 0.05) is 10.6 Å². The third kappa shape index (κ3) is 3.41. The fourth-order valence-electron chi connectivity index (χ4n) is 2.47. The van der Waals surface area contributed by atoms with Crippen LogP contribution in [0.2, 0.25) is 0 Å². The highest BCUT2D eigenvalue weighted by atomic mass is 32.2. The lowest BCUT2D eigenvalue weighted by Gasteiger charge is -2.35. The first-order chi connectivity index (χ1) is 8.65. The lowest BCUT2D eigenvalue weighted by Crippen LogP contribution is -2.28. The van der Waals surface area contributed by atoms with Crippen molar-refractivity contribution >= 4 is 24.4 Å². The molecule has 0 radical (unpaired) electrons. The molecule has 1 aromatic carbocycles. The molecule has 0 heterocycles. The van der Waals surface area contributed by atoms with Gasteiger partial charge in [0.1, 0.15) is 11.6 Å². The molecule has 0 saturated heterocycles. The normalized spacial score (nSPS) is 18.8. The smallest absolute Gasteiger partial charge is 0.136 e. The van der Waals surface area contributed by atoms with Crippen LogP contribution in [0.1, 0.15) is 32.1 Å². The Labute approximate surface area is 117 Å². The fourth-order valence-corrected chi connectivity index (χ4v) is 4.30. The summed E-state index contributed by atoms with van der Waals surface area (Å²) in [6, 6.07) is 3.65. The van der Waals surface area contributed by atoms with E-state index in [0.717, 1.165) is 30.4 Å². The van der Waals surface area contributed by atoms with E-state index in [-0.39, 0.29) is 17.0 Å². The van der Waals surface area contributed by atoms with Crippen molar-refractivity contribution in [1.82, 2.24) is 0 Å². The Morgan fingerprint density at radius 1 is 1.17 bits per heavy atom. The van der Waals surface area contributed by atoms with Gasteiger partial charge >= 0.3 is 0 Å². The first-order valence-corrected chi connectivity index (χ1v) is 7.96. The summed E-state index contributed by atoms with van der Waals surface area (Å²) < 4.78 is 26.6. The van der Waals surface area contributed by atoms with Crippen molar-refractivity contribution in [3.05, 3.63) is 29.8 Å². The van der Waals surface area contributed by atoms with Crippen LogP contribution < -0.4 is 0 Å². The van der Waals surface area contributed by atoms with Crippen LogP contribution in [0.15, 0.2) is 23.1 Å². The van der Waals surface area contributed by atoms with Gasteiger partial charge in [-0.25, -0.2) is 8.78 Å². The summed E-state index contributed by atoms with van der Waals surface area (Å²) in [4.78, 5) is 0.418. The quantitative estimate of drug-likeness (QED) is 0.605. The summed E-state index contributed by atoms with van der Waals surface area (Å²) in [5, 5.41) is 0. The van der Waals surface area contributed by atoms with Gasteiger partial charge in [0.15, 0.2) is 0 Å². The first-order valence-electron chi connectivity index (χ1n) is 6.34. The molecule has 1 aliphatic rings. The van der Waals surface area contributed by atoms with Crippen LogP contribution in [0, 0.1) is 17.0 Å². The van der Waals surface area contributed by atoms with Crippen molar-refractivity contribution in [2.45, 2.75) is 37.0 Å². The minimum Gasteiger partial charge on any atom is -0.207 e. The third-order valence-electron chi connectivity index (χ3n) is 3.68. The molecule has 0 aromatic heterocycles. The molecule has 0 bridgehead atoms. The van der Waals surface area contributed by atoms with Crippen molar-refractivity contribution in [3.63, 3.8) is 0 Å². The molecule has 100 valence electrons. The highest BCUT2D eigenvalue weighted by Gasteiger charge is 2.30. The molecular weight excluding hydrogens is 270 g/mol. The van der Waals surface area contributed by atoms with Crippen LogP contribution in [0.4, 0.5) is 8.78 Å². The Hall–Kier alpha value is -0.220. The minimum absolute atomic E-state index is 0.199. The van der Waals surface area contributed by atoms with Crippen LogP contribution in [0.5, 0.6) is 0 Å². The Morgan fingerprint density at radius 2 is 1.89 bits per heavy atom. The Bertz CT molecular complexity index is 401. The Morgan fingerprint density at radius 3 is 2.56 bits per heavy atom. The van der Waals surface area contributed by atoms with Gasteiger partial charge in [0.05, 0.1) is 0 Å². The topological polar surface area (TPSA) is 0 Å². The number of hydrogen-bond donors (Lipinski definition) is 1.